The molecule has 0 aliphatic heterocycles. The largest absolute Gasteiger partial charge is 0.351 e. The Bertz CT molecular complexity index is 319. The molecule has 0 fully saturated rings. The summed E-state index contributed by atoms with van der Waals surface area (Å²) in [5.74, 6) is 0. The summed E-state index contributed by atoms with van der Waals surface area (Å²) < 4.78 is 10.2. The number of aryl methyl sites for hydroxylation is 1. The molecular formula is C11H14O2S. The molecule has 1 aromatic rings. The lowest BCUT2D eigenvalue weighted by Crippen LogP contribution is -2.23. The van der Waals surface area contributed by atoms with Gasteiger partial charge in [-0.25, -0.2) is 0 Å². The lowest BCUT2D eigenvalue weighted by Gasteiger charge is -2.14. The molecule has 0 aliphatic rings. The summed E-state index contributed by atoms with van der Waals surface area (Å²) in [7, 11) is 3.16. The normalized spacial score (nSPS) is 10.6. The highest BCUT2D eigenvalue weighted by Gasteiger charge is 2.13. The van der Waals surface area contributed by atoms with E-state index in [9.17, 15) is 0 Å². The van der Waals surface area contributed by atoms with Gasteiger partial charge >= 0.3 is 0 Å². The molecule has 76 valence electrons. The average molecular weight is 210 g/mol. The van der Waals surface area contributed by atoms with Gasteiger partial charge in [-0.05, 0) is 12.5 Å². The maximum Gasteiger partial charge on any atom is 0.193 e. The van der Waals surface area contributed by atoms with Crippen LogP contribution < -0.4 is 0 Å². The van der Waals surface area contributed by atoms with Crippen molar-refractivity contribution < 1.29 is 9.47 Å². The molecule has 0 aromatic heterocycles. The van der Waals surface area contributed by atoms with Gasteiger partial charge in [-0.15, -0.1) is 0 Å². The van der Waals surface area contributed by atoms with E-state index < -0.39 is 6.29 Å². The molecule has 0 saturated carbocycles. The van der Waals surface area contributed by atoms with Crippen LogP contribution in [0.1, 0.15) is 11.1 Å². The maximum atomic E-state index is 5.25. The second-order valence-electron chi connectivity index (χ2n) is 3.04. The molecule has 1 aromatic carbocycles. The molecule has 0 radical (unpaired) electrons. The van der Waals surface area contributed by atoms with Gasteiger partial charge in [0, 0.05) is 14.2 Å². The average Bonchev–Trinajstić information content (AvgIpc) is 2.19. The molecule has 1 rings (SSSR count). The minimum absolute atomic E-state index is 0.438. The van der Waals surface area contributed by atoms with Gasteiger partial charge in [0.05, 0.1) is 4.86 Å². The molecule has 0 N–H and O–H groups in total. The third-order valence-corrected chi connectivity index (χ3v) is 2.37. The van der Waals surface area contributed by atoms with Gasteiger partial charge in [0.15, 0.2) is 6.29 Å². The Kier molecular flexibility index (Phi) is 4.20. The van der Waals surface area contributed by atoms with Crippen molar-refractivity contribution in [2.75, 3.05) is 14.2 Å². The predicted octanol–water partition coefficient (Wildman–Crippen LogP) is 2.33. The van der Waals surface area contributed by atoms with E-state index in [2.05, 4.69) is 0 Å². The Balaban J connectivity index is 2.88. The van der Waals surface area contributed by atoms with E-state index in [1.165, 1.54) is 5.56 Å². The molecule has 14 heavy (non-hydrogen) atoms. The zero-order valence-corrected chi connectivity index (χ0v) is 9.43. The summed E-state index contributed by atoms with van der Waals surface area (Å²) in [5, 5.41) is 0. The third-order valence-electron chi connectivity index (χ3n) is 1.94. The SMILES string of the molecule is COC(OC)C(=S)c1cccc(C)c1. The van der Waals surface area contributed by atoms with Crippen LogP contribution in [-0.4, -0.2) is 25.4 Å². The Morgan fingerprint density at radius 3 is 2.43 bits per heavy atom. The first-order chi connectivity index (χ1) is 6.69. The minimum atomic E-state index is -0.438. The molecule has 0 saturated heterocycles. The minimum Gasteiger partial charge on any atom is -0.351 e. The van der Waals surface area contributed by atoms with Crippen LogP contribution in [0.2, 0.25) is 0 Å². The van der Waals surface area contributed by atoms with Crippen molar-refractivity contribution in [1.29, 1.82) is 0 Å². The van der Waals surface area contributed by atoms with Crippen LogP contribution in [0.15, 0.2) is 24.3 Å². The third kappa shape index (κ3) is 2.61. The summed E-state index contributed by atoms with van der Waals surface area (Å²) in [6.07, 6.45) is -0.438. The van der Waals surface area contributed by atoms with E-state index in [0.717, 1.165) is 5.56 Å². The van der Waals surface area contributed by atoms with Crippen molar-refractivity contribution in [2.24, 2.45) is 0 Å². The summed E-state index contributed by atoms with van der Waals surface area (Å²) in [6.45, 7) is 2.03. The second kappa shape index (κ2) is 5.20. The number of thiocarbonyl (C=S) groups is 1. The quantitative estimate of drug-likeness (QED) is 0.432. The topological polar surface area (TPSA) is 18.5 Å². The molecule has 0 aliphatic carbocycles. The lowest BCUT2D eigenvalue weighted by molar-refractivity contribution is -0.0498. The van der Waals surface area contributed by atoms with Crippen molar-refractivity contribution in [1.82, 2.24) is 0 Å². The summed E-state index contributed by atoms with van der Waals surface area (Å²) in [5.41, 5.74) is 2.16. The van der Waals surface area contributed by atoms with Gasteiger partial charge < -0.3 is 9.47 Å². The first-order valence-electron chi connectivity index (χ1n) is 4.35. The van der Waals surface area contributed by atoms with Crippen LogP contribution in [0.25, 0.3) is 0 Å². The fourth-order valence-corrected chi connectivity index (χ4v) is 1.56. The highest BCUT2D eigenvalue weighted by atomic mass is 32.1. The molecule has 0 bridgehead atoms. The number of ether oxygens (including phenoxy) is 2. The fourth-order valence-electron chi connectivity index (χ4n) is 1.24. The Morgan fingerprint density at radius 1 is 1.29 bits per heavy atom. The molecule has 0 amide bonds. The van der Waals surface area contributed by atoms with E-state index in [1.807, 2.05) is 31.2 Å². The Hall–Kier alpha value is -0.770. The van der Waals surface area contributed by atoms with E-state index >= 15 is 0 Å². The summed E-state index contributed by atoms with van der Waals surface area (Å²) >= 11 is 5.25. The summed E-state index contributed by atoms with van der Waals surface area (Å²) in [4.78, 5) is 0.679. The zero-order chi connectivity index (χ0) is 10.6. The molecule has 3 heteroatoms. The zero-order valence-electron chi connectivity index (χ0n) is 8.61. The molecule has 0 spiro atoms. The Morgan fingerprint density at radius 2 is 1.93 bits per heavy atom. The first kappa shape index (κ1) is 11.3. The number of hydrogen-bond donors (Lipinski definition) is 0. The van der Waals surface area contributed by atoms with Crippen LogP contribution in [-0.2, 0) is 9.47 Å². The second-order valence-corrected chi connectivity index (χ2v) is 3.48. The number of hydrogen-bond acceptors (Lipinski definition) is 3. The van der Waals surface area contributed by atoms with Crippen molar-refractivity contribution >= 4 is 17.1 Å². The number of methoxy groups -OCH3 is 2. The highest BCUT2D eigenvalue weighted by Crippen LogP contribution is 2.10. The van der Waals surface area contributed by atoms with Crippen LogP contribution in [0.4, 0.5) is 0 Å². The van der Waals surface area contributed by atoms with Gasteiger partial charge in [0.25, 0.3) is 0 Å². The number of benzene rings is 1. The highest BCUT2D eigenvalue weighted by molar-refractivity contribution is 7.81. The van der Waals surface area contributed by atoms with Gasteiger partial charge in [-0.2, -0.15) is 0 Å². The van der Waals surface area contributed by atoms with Crippen LogP contribution in [0.5, 0.6) is 0 Å². The molecular weight excluding hydrogens is 196 g/mol. The van der Waals surface area contributed by atoms with Crippen LogP contribution in [0.3, 0.4) is 0 Å². The molecule has 2 nitrogen and oxygen atoms in total. The van der Waals surface area contributed by atoms with Gasteiger partial charge in [-0.3, -0.25) is 0 Å². The van der Waals surface area contributed by atoms with Gasteiger partial charge in [0.2, 0.25) is 0 Å². The molecule has 0 atom stereocenters. The van der Waals surface area contributed by atoms with Crippen LogP contribution >= 0.6 is 12.2 Å². The lowest BCUT2D eigenvalue weighted by atomic mass is 10.1. The van der Waals surface area contributed by atoms with Gasteiger partial charge in [0.1, 0.15) is 0 Å². The predicted molar refractivity (Wildman–Crippen MR) is 60.7 cm³/mol. The molecule has 0 heterocycles. The van der Waals surface area contributed by atoms with E-state index in [0.29, 0.717) is 4.86 Å². The first-order valence-corrected chi connectivity index (χ1v) is 4.76. The summed E-state index contributed by atoms with van der Waals surface area (Å²) in [6, 6.07) is 7.98. The van der Waals surface area contributed by atoms with Crippen molar-refractivity contribution in [3.05, 3.63) is 35.4 Å². The van der Waals surface area contributed by atoms with Crippen molar-refractivity contribution in [3.63, 3.8) is 0 Å². The molecule has 0 unspecified atom stereocenters. The smallest absolute Gasteiger partial charge is 0.193 e. The number of rotatable bonds is 4. The fraction of sp³-hybridized carbons (Fsp3) is 0.364. The van der Waals surface area contributed by atoms with Crippen molar-refractivity contribution in [2.45, 2.75) is 13.2 Å². The Labute approximate surface area is 89.8 Å². The monoisotopic (exact) mass is 210 g/mol. The van der Waals surface area contributed by atoms with E-state index in [4.69, 9.17) is 21.7 Å². The van der Waals surface area contributed by atoms with Crippen LogP contribution in [0, 0.1) is 6.92 Å². The van der Waals surface area contributed by atoms with E-state index in [-0.39, 0.29) is 0 Å². The maximum absolute atomic E-state index is 5.25. The van der Waals surface area contributed by atoms with Gasteiger partial charge in [-0.1, -0.05) is 42.0 Å². The standard InChI is InChI=1S/C11H14O2S/c1-8-5-4-6-9(7-8)10(14)11(12-2)13-3/h4-7,11H,1-3H3. The van der Waals surface area contributed by atoms with E-state index in [1.54, 1.807) is 14.2 Å². The van der Waals surface area contributed by atoms with Crippen molar-refractivity contribution in [3.8, 4) is 0 Å².